The first-order valence-electron chi connectivity index (χ1n) is 4.70. The topological polar surface area (TPSA) is 41.8 Å². The summed E-state index contributed by atoms with van der Waals surface area (Å²) < 4.78 is 0. The van der Waals surface area contributed by atoms with E-state index in [0.29, 0.717) is 0 Å². The average molecular weight is 196 g/mol. The predicted molar refractivity (Wildman–Crippen MR) is 58.9 cm³/mol. The fraction of sp³-hybridized carbons (Fsp3) is 0.0833. The van der Waals surface area contributed by atoms with E-state index in [-0.39, 0.29) is 0 Å². The molecule has 0 fully saturated rings. The second kappa shape index (κ2) is 2.73. The van der Waals surface area contributed by atoms with Crippen LogP contribution in [0.4, 0.5) is 0 Å². The average Bonchev–Trinajstić information content (AvgIpc) is 2.72. The molecule has 3 rings (SSSR count). The molecule has 0 spiro atoms. The molecule has 2 aliphatic heterocycles. The van der Waals surface area contributed by atoms with Crippen molar-refractivity contribution in [1.29, 1.82) is 0 Å². The van der Waals surface area contributed by atoms with E-state index in [9.17, 15) is 4.79 Å². The van der Waals surface area contributed by atoms with Crippen LogP contribution in [-0.2, 0) is 4.79 Å². The van der Waals surface area contributed by atoms with Gasteiger partial charge >= 0.3 is 0 Å². The van der Waals surface area contributed by atoms with Crippen molar-refractivity contribution >= 4 is 18.7 Å². The van der Waals surface area contributed by atoms with E-state index < -0.39 is 5.41 Å². The van der Waals surface area contributed by atoms with Crippen molar-refractivity contribution in [2.75, 3.05) is 0 Å². The number of carbonyl (C=O) groups is 1. The maximum absolute atomic E-state index is 11.2. The number of carbonyl (C=O) groups excluding carboxylic acids is 1. The van der Waals surface area contributed by atoms with E-state index in [2.05, 4.69) is 9.98 Å². The molecule has 0 aromatic carbocycles. The zero-order valence-electron chi connectivity index (χ0n) is 7.92. The molecule has 0 saturated carbocycles. The van der Waals surface area contributed by atoms with Gasteiger partial charge in [-0.25, -0.2) is 0 Å². The second-order valence-corrected chi connectivity index (χ2v) is 3.71. The van der Waals surface area contributed by atoms with Gasteiger partial charge in [-0.1, -0.05) is 6.08 Å². The Bertz CT molecular complexity index is 518. The summed E-state index contributed by atoms with van der Waals surface area (Å²) in [5.74, 6) is 0. The Hall–Kier alpha value is -2.03. The number of hydrogen-bond acceptors (Lipinski definition) is 3. The first-order valence-corrected chi connectivity index (χ1v) is 4.70. The lowest BCUT2D eigenvalue weighted by atomic mass is 9.75. The third kappa shape index (κ3) is 1.03. The van der Waals surface area contributed by atoms with Gasteiger partial charge in [-0.05, 0) is 23.3 Å². The summed E-state index contributed by atoms with van der Waals surface area (Å²) in [6.45, 7) is 0. The number of aliphatic imine (C=N–C) groups is 2. The number of hydrogen-bond donors (Lipinski definition) is 0. The van der Waals surface area contributed by atoms with E-state index in [4.69, 9.17) is 0 Å². The highest BCUT2D eigenvalue weighted by molar-refractivity contribution is 6.01. The van der Waals surface area contributed by atoms with Crippen LogP contribution in [-0.4, -0.2) is 18.7 Å². The second-order valence-electron chi connectivity index (χ2n) is 3.71. The van der Waals surface area contributed by atoms with Gasteiger partial charge in [0.2, 0.25) is 0 Å². The van der Waals surface area contributed by atoms with Crippen molar-refractivity contribution in [3.63, 3.8) is 0 Å². The molecule has 3 aliphatic rings. The number of rotatable bonds is 1. The Morgan fingerprint density at radius 2 is 2.20 bits per heavy atom. The maximum atomic E-state index is 11.2. The third-order valence-corrected chi connectivity index (χ3v) is 2.79. The predicted octanol–water partition coefficient (Wildman–Crippen LogP) is 1.60. The Kier molecular flexibility index (Phi) is 1.51. The zero-order chi connectivity index (χ0) is 10.3. The minimum absolute atomic E-state index is 0.683. The van der Waals surface area contributed by atoms with Gasteiger partial charge in [0.1, 0.15) is 11.7 Å². The molecule has 3 heteroatoms. The molecule has 15 heavy (non-hydrogen) atoms. The lowest BCUT2D eigenvalue weighted by molar-refractivity contribution is -0.110. The van der Waals surface area contributed by atoms with E-state index >= 15 is 0 Å². The molecular weight excluding hydrogens is 188 g/mol. The minimum Gasteiger partial charge on any atom is -0.302 e. The Morgan fingerprint density at radius 1 is 1.27 bits per heavy atom. The lowest BCUT2D eigenvalue weighted by Crippen LogP contribution is -2.28. The molecule has 72 valence electrons. The number of nitrogens with zero attached hydrogens (tertiary/aromatic N) is 2. The van der Waals surface area contributed by atoms with E-state index in [1.807, 2.05) is 18.2 Å². The summed E-state index contributed by atoms with van der Waals surface area (Å²) in [5, 5.41) is 0. The zero-order valence-corrected chi connectivity index (χ0v) is 7.92. The van der Waals surface area contributed by atoms with Crippen molar-refractivity contribution in [2.24, 2.45) is 15.4 Å². The summed E-state index contributed by atoms with van der Waals surface area (Å²) >= 11 is 0. The molecule has 1 atom stereocenters. The molecule has 3 nitrogen and oxygen atoms in total. The van der Waals surface area contributed by atoms with Gasteiger partial charge in [0.15, 0.2) is 0 Å². The summed E-state index contributed by atoms with van der Waals surface area (Å²) in [7, 11) is 0. The smallest absolute Gasteiger partial charge is 0.139 e. The largest absolute Gasteiger partial charge is 0.302 e. The first-order chi connectivity index (χ1) is 7.34. The van der Waals surface area contributed by atoms with Gasteiger partial charge in [-0.3, -0.25) is 9.98 Å². The fourth-order valence-electron chi connectivity index (χ4n) is 1.95. The van der Waals surface area contributed by atoms with Crippen molar-refractivity contribution in [3.8, 4) is 0 Å². The highest BCUT2D eigenvalue weighted by atomic mass is 16.1. The van der Waals surface area contributed by atoms with Crippen molar-refractivity contribution in [2.45, 2.75) is 0 Å². The molecule has 0 bridgehead atoms. The van der Waals surface area contributed by atoms with Gasteiger partial charge < -0.3 is 4.79 Å². The van der Waals surface area contributed by atoms with Crippen LogP contribution in [0.25, 0.3) is 0 Å². The normalized spacial score (nSPS) is 30.3. The first kappa shape index (κ1) is 8.29. The number of fused-ring (bicyclic) bond motifs is 2. The monoisotopic (exact) mass is 196 g/mol. The van der Waals surface area contributed by atoms with Crippen LogP contribution in [0.15, 0.2) is 57.3 Å². The Morgan fingerprint density at radius 3 is 3.07 bits per heavy atom. The highest BCUT2D eigenvalue weighted by Gasteiger charge is 2.34. The van der Waals surface area contributed by atoms with Crippen LogP contribution in [0.3, 0.4) is 0 Å². The molecule has 1 aliphatic carbocycles. The van der Waals surface area contributed by atoms with Crippen molar-refractivity contribution in [3.05, 3.63) is 47.3 Å². The molecule has 0 aromatic heterocycles. The van der Waals surface area contributed by atoms with E-state index in [1.54, 1.807) is 24.8 Å². The molecule has 0 saturated heterocycles. The fourth-order valence-corrected chi connectivity index (χ4v) is 1.95. The van der Waals surface area contributed by atoms with Crippen LogP contribution >= 0.6 is 0 Å². The van der Waals surface area contributed by atoms with Crippen LogP contribution < -0.4 is 0 Å². The molecule has 0 radical (unpaired) electrons. The van der Waals surface area contributed by atoms with Crippen LogP contribution in [0, 0.1) is 5.41 Å². The van der Waals surface area contributed by atoms with E-state index in [1.165, 1.54) is 0 Å². The van der Waals surface area contributed by atoms with Gasteiger partial charge in [-0.15, -0.1) is 0 Å². The van der Waals surface area contributed by atoms with Gasteiger partial charge in [0, 0.05) is 30.4 Å². The quantitative estimate of drug-likeness (QED) is 0.587. The number of allylic oxidation sites excluding steroid dienone is 6. The van der Waals surface area contributed by atoms with Crippen molar-refractivity contribution in [1.82, 2.24) is 0 Å². The lowest BCUT2D eigenvalue weighted by Gasteiger charge is -2.27. The van der Waals surface area contributed by atoms with Gasteiger partial charge in [-0.2, -0.15) is 0 Å². The number of aldehydes is 1. The van der Waals surface area contributed by atoms with Gasteiger partial charge in [0.25, 0.3) is 0 Å². The summed E-state index contributed by atoms with van der Waals surface area (Å²) in [6.07, 6.45) is 13.6. The Labute approximate surface area is 86.9 Å². The minimum atomic E-state index is -0.683. The van der Waals surface area contributed by atoms with Gasteiger partial charge in [0.05, 0.1) is 0 Å². The molecule has 1 unspecified atom stereocenters. The molecule has 0 amide bonds. The summed E-state index contributed by atoms with van der Waals surface area (Å²) in [4.78, 5) is 19.3. The van der Waals surface area contributed by atoms with Crippen molar-refractivity contribution < 1.29 is 4.79 Å². The standard InChI is InChI=1S/C12H8N2O/c15-8-12-4-10-6-14-5-9(10)3-11(12)1-2-13-7-12/h1-8H. The van der Waals surface area contributed by atoms with E-state index in [0.717, 1.165) is 23.0 Å². The highest BCUT2D eigenvalue weighted by Crippen LogP contribution is 2.37. The Balaban J connectivity index is 2.22. The summed E-state index contributed by atoms with van der Waals surface area (Å²) in [5.41, 5.74) is 2.32. The van der Waals surface area contributed by atoms with Crippen LogP contribution in [0.1, 0.15) is 0 Å². The SMILES string of the molecule is O=CC12C=NC=CC1=CC1=CN=CC1=C2. The molecular formula is C12H8N2O. The third-order valence-electron chi connectivity index (χ3n) is 2.79. The molecule has 0 aromatic rings. The molecule has 2 heterocycles. The molecule has 0 N–H and O–H groups in total. The maximum Gasteiger partial charge on any atom is 0.139 e. The van der Waals surface area contributed by atoms with Crippen LogP contribution in [0.2, 0.25) is 0 Å². The van der Waals surface area contributed by atoms with Crippen LogP contribution in [0.5, 0.6) is 0 Å². The summed E-state index contributed by atoms with van der Waals surface area (Å²) in [6, 6.07) is 0.